The highest BCUT2D eigenvalue weighted by atomic mass is 19.1. The van der Waals surface area contributed by atoms with E-state index in [1.54, 1.807) is 23.1 Å². The summed E-state index contributed by atoms with van der Waals surface area (Å²) in [6, 6.07) is 6.67. The number of nitrogens with one attached hydrogen (secondary N) is 2. The Balaban J connectivity index is 1.71. The molecule has 3 amide bonds. The number of benzene rings is 1. The number of carbonyl (C=O) groups excluding carboxylic acids is 2. The molecule has 5 nitrogen and oxygen atoms in total. The molecule has 2 rings (SSSR count). The van der Waals surface area contributed by atoms with Gasteiger partial charge in [-0.25, -0.2) is 9.18 Å². The Kier molecular flexibility index (Phi) is 7.70. The largest absolute Gasteiger partial charge is 0.341 e. The van der Waals surface area contributed by atoms with Crippen molar-refractivity contribution in [3.05, 3.63) is 35.6 Å². The Morgan fingerprint density at radius 3 is 2.56 bits per heavy atom. The summed E-state index contributed by atoms with van der Waals surface area (Å²) in [5.41, 5.74) is 0.594. The molecule has 0 aromatic heterocycles. The number of halogens is 1. The number of amides is 3. The maximum Gasteiger partial charge on any atom is 0.315 e. The summed E-state index contributed by atoms with van der Waals surface area (Å²) in [5, 5.41) is 5.79. The lowest BCUT2D eigenvalue weighted by molar-refractivity contribution is -0.128. The van der Waals surface area contributed by atoms with Gasteiger partial charge in [-0.2, -0.15) is 0 Å². The van der Waals surface area contributed by atoms with Gasteiger partial charge in [0.25, 0.3) is 0 Å². The number of urea groups is 1. The zero-order chi connectivity index (χ0) is 18.1. The second-order valence-corrected chi connectivity index (χ2v) is 6.58. The Morgan fingerprint density at radius 2 is 1.88 bits per heavy atom. The minimum absolute atomic E-state index is 0.0779. The van der Waals surface area contributed by atoms with Crippen LogP contribution in [0, 0.1) is 5.82 Å². The van der Waals surface area contributed by atoms with Crippen LogP contribution < -0.4 is 10.6 Å². The first-order valence-electron chi connectivity index (χ1n) is 9.09. The first kappa shape index (κ1) is 19.2. The van der Waals surface area contributed by atoms with Gasteiger partial charge in [0.15, 0.2) is 0 Å². The second-order valence-electron chi connectivity index (χ2n) is 6.58. The summed E-state index contributed by atoms with van der Waals surface area (Å²) >= 11 is 0. The molecule has 0 atom stereocenters. The van der Waals surface area contributed by atoms with Crippen LogP contribution in [0.2, 0.25) is 0 Å². The van der Waals surface area contributed by atoms with Crippen molar-refractivity contribution in [2.75, 3.05) is 19.6 Å². The molecule has 0 spiro atoms. The van der Waals surface area contributed by atoms with Crippen molar-refractivity contribution in [3.8, 4) is 0 Å². The quantitative estimate of drug-likeness (QED) is 0.795. The molecule has 0 unspecified atom stereocenters. The van der Waals surface area contributed by atoms with E-state index in [1.807, 2.05) is 0 Å². The molecule has 2 N–H and O–H groups in total. The number of carbonyl (C=O) groups is 2. The molecule has 1 aromatic rings. The van der Waals surface area contributed by atoms with Crippen LogP contribution in [-0.4, -0.2) is 42.5 Å². The molecule has 138 valence electrons. The summed E-state index contributed by atoms with van der Waals surface area (Å²) in [4.78, 5) is 25.3. The lowest BCUT2D eigenvalue weighted by Gasteiger charge is -2.24. The summed E-state index contributed by atoms with van der Waals surface area (Å²) in [6.07, 6.45) is 6.11. The van der Waals surface area contributed by atoms with Crippen molar-refractivity contribution < 1.29 is 14.0 Å². The molecular weight excluding hydrogens is 321 g/mol. The number of hydrogen-bond acceptors (Lipinski definition) is 2. The van der Waals surface area contributed by atoms with E-state index in [-0.39, 0.29) is 23.8 Å². The third-order valence-corrected chi connectivity index (χ3v) is 4.66. The first-order chi connectivity index (χ1) is 12.1. The lowest BCUT2D eigenvalue weighted by Crippen LogP contribution is -2.45. The van der Waals surface area contributed by atoms with Crippen LogP contribution in [0.3, 0.4) is 0 Å². The molecule has 1 aromatic carbocycles. The van der Waals surface area contributed by atoms with Crippen LogP contribution in [-0.2, 0) is 11.2 Å². The molecule has 0 bridgehead atoms. The average Bonchev–Trinajstić information content (AvgIpc) is 2.59. The van der Waals surface area contributed by atoms with Crippen molar-refractivity contribution >= 4 is 11.9 Å². The smallest absolute Gasteiger partial charge is 0.315 e. The van der Waals surface area contributed by atoms with E-state index in [9.17, 15) is 14.0 Å². The van der Waals surface area contributed by atoms with E-state index < -0.39 is 0 Å². The highest BCUT2D eigenvalue weighted by molar-refractivity contribution is 5.75. The van der Waals surface area contributed by atoms with Crippen molar-refractivity contribution in [1.29, 1.82) is 0 Å². The van der Waals surface area contributed by atoms with Gasteiger partial charge in [0.2, 0.25) is 5.91 Å². The van der Waals surface area contributed by atoms with E-state index in [2.05, 4.69) is 10.6 Å². The van der Waals surface area contributed by atoms with Crippen molar-refractivity contribution in [3.63, 3.8) is 0 Å². The Labute approximate surface area is 149 Å². The predicted octanol–water partition coefficient (Wildman–Crippen LogP) is 2.85. The number of rotatable bonds is 7. The van der Waals surface area contributed by atoms with Gasteiger partial charge in [-0.1, -0.05) is 37.5 Å². The normalized spacial score (nSPS) is 14.8. The standard InChI is InChI=1S/C19H28FN3O2/c1-15(24)23(13-11-16-7-5-6-10-18(16)20)14-12-21-19(25)22-17-8-3-2-4-9-17/h5-7,10,17H,2-4,8-9,11-14H2,1H3,(H2,21,22,25). The Morgan fingerprint density at radius 1 is 1.16 bits per heavy atom. The highest BCUT2D eigenvalue weighted by Crippen LogP contribution is 2.17. The van der Waals surface area contributed by atoms with Crippen molar-refractivity contribution in [2.45, 2.75) is 51.5 Å². The fourth-order valence-corrected chi connectivity index (χ4v) is 3.17. The minimum atomic E-state index is -0.254. The van der Waals surface area contributed by atoms with Crippen LogP contribution in [0.25, 0.3) is 0 Å². The van der Waals surface area contributed by atoms with Crippen LogP contribution in [0.5, 0.6) is 0 Å². The third kappa shape index (κ3) is 6.72. The zero-order valence-corrected chi connectivity index (χ0v) is 14.9. The summed E-state index contributed by atoms with van der Waals surface area (Å²) in [6.45, 7) is 2.73. The van der Waals surface area contributed by atoms with Crippen molar-refractivity contribution in [2.24, 2.45) is 0 Å². The fourth-order valence-electron chi connectivity index (χ4n) is 3.17. The topological polar surface area (TPSA) is 61.4 Å². The van der Waals surface area contributed by atoms with Crippen molar-refractivity contribution in [1.82, 2.24) is 15.5 Å². The predicted molar refractivity (Wildman–Crippen MR) is 95.8 cm³/mol. The van der Waals surface area contributed by atoms with Gasteiger partial charge in [0.05, 0.1) is 0 Å². The molecular formula is C19H28FN3O2. The molecule has 6 heteroatoms. The molecule has 0 aliphatic heterocycles. The molecule has 1 fully saturated rings. The minimum Gasteiger partial charge on any atom is -0.341 e. The van der Waals surface area contributed by atoms with Gasteiger partial charge < -0.3 is 15.5 Å². The van der Waals surface area contributed by atoms with E-state index >= 15 is 0 Å². The number of hydrogen-bond donors (Lipinski definition) is 2. The Bertz CT molecular complexity index is 574. The molecule has 1 aliphatic rings. The third-order valence-electron chi connectivity index (χ3n) is 4.66. The average molecular weight is 349 g/mol. The molecule has 1 saturated carbocycles. The van der Waals surface area contributed by atoms with Crippen LogP contribution in [0.4, 0.5) is 9.18 Å². The van der Waals surface area contributed by atoms with E-state index in [4.69, 9.17) is 0 Å². The van der Waals surface area contributed by atoms with Gasteiger partial charge in [-0.3, -0.25) is 4.79 Å². The second kappa shape index (κ2) is 10.0. The molecule has 25 heavy (non-hydrogen) atoms. The maximum atomic E-state index is 13.7. The van der Waals surface area contributed by atoms with E-state index in [0.717, 1.165) is 12.8 Å². The zero-order valence-electron chi connectivity index (χ0n) is 14.9. The maximum absolute atomic E-state index is 13.7. The van der Waals surface area contributed by atoms with Gasteiger partial charge in [0.1, 0.15) is 5.82 Å². The van der Waals surface area contributed by atoms with Crippen LogP contribution in [0.1, 0.15) is 44.6 Å². The highest BCUT2D eigenvalue weighted by Gasteiger charge is 2.16. The van der Waals surface area contributed by atoms with Gasteiger partial charge in [-0.05, 0) is 30.9 Å². The van der Waals surface area contributed by atoms with Crippen LogP contribution >= 0.6 is 0 Å². The molecule has 1 aliphatic carbocycles. The molecule has 0 heterocycles. The van der Waals surface area contributed by atoms with E-state index in [0.29, 0.717) is 31.6 Å². The Hall–Kier alpha value is -2.11. The first-order valence-corrected chi connectivity index (χ1v) is 9.09. The molecule has 0 radical (unpaired) electrons. The monoisotopic (exact) mass is 349 g/mol. The van der Waals surface area contributed by atoms with E-state index in [1.165, 1.54) is 32.3 Å². The number of nitrogens with zero attached hydrogens (tertiary/aromatic N) is 1. The molecule has 0 saturated heterocycles. The summed E-state index contributed by atoms with van der Waals surface area (Å²) in [7, 11) is 0. The van der Waals surface area contributed by atoms with Gasteiger partial charge in [-0.15, -0.1) is 0 Å². The van der Waals surface area contributed by atoms with Gasteiger partial charge in [0, 0.05) is 32.6 Å². The lowest BCUT2D eigenvalue weighted by atomic mass is 9.96. The van der Waals surface area contributed by atoms with Gasteiger partial charge >= 0.3 is 6.03 Å². The SMILES string of the molecule is CC(=O)N(CCNC(=O)NC1CCCCC1)CCc1ccccc1F. The summed E-state index contributed by atoms with van der Waals surface area (Å²) in [5.74, 6) is -0.332. The fraction of sp³-hybridized carbons (Fsp3) is 0.579. The summed E-state index contributed by atoms with van der Waals surface area (Å²) < 4.78 is 13.7. The van der Waals surface area contributed by atoms with Crippen LogP contribution in [0.15, 0.2) is 24.3 Å².